The zero-order chi connectivity index (χ0) is 24.2. The Morgan fingerprint density at radius 2 is 1.63 bits per heavy atom. The second kappa shape index (κ2) is 10.4. The first-order valence-corrected chi connectivity index (χ1v) is 12.5. The fourth-order valence-electron chi connectivity index (χ4n) is 3.59. The SMILES string of the molecule is O=c1c2ccccc2nc(-c2ccccc2)n1N=Cc1ccc(OCc2ccc(Br)cc2)c(Br)c1. The average Bonchev–Trinajstić information content (AvgIpc) is 2.89. The molecule has 5 aromatic rings. The molecule has 0 spiro atoms. The normalized spacial score (nSPS) is 11.3. The summed E-state index contributed by atoms with van der Waals surface area (Å²) in [6, 6.07) is 30.5. The first-order chi connectivity index (χ1) is 17.1. The number of ether oxygens (including phenoxy) is 1. The van der Waals surface area contributed by atoms with Crippen LogP contribution in [-0.2, 0) is 6.61 Å². The van der Waals surface area contributed by atoms with E-state index in [2.05, 4.69) is 37.0 Å². The van der Waals surface area contributed by atoms with Gasteiger partial charge in [0.15, 0.2) is 5.82 Å². The van der Waals surface area contributed by atoms with E-state index in [4.69, 9.17) is 9.72 Å². The van der Waals surface area contributed by atoms with Crippen LogP contribution in [0.1, 0.15) is 11.1 Å². The highest BCUT2D eigenvalue weighted by Crippen LogP contribution is 2.27. The number of benzene rings is 4. The zero-order valence-electron chi connectivity index (χ0n) is 18.4. The molecule has 4 aromatic carbocycles. The number of hydrogen-bond acceptors (Lipinski definition) is 4. The van der Waals surface area contributed by atoms with Crippen LogP contribution in [0.4, 0.5) is 0 Å². The molecule has 0 atom stereocenters. The summed E-state index contributed by atoms with van der Waals surface area (Å²) in [6.45, 7) is 0.456. The van der Waals surface area contributed by atoms with Gasteiger partial charge in [-0.2, -0.15) is 9.78 Å². The molecule has 1 heterocycles. The zero-order valence-corrected chi connectivity index (χ0v) is 21.6. The second-order valence-corrected chi connectivity index (χ2v) is 9.56. The maximum atomic E-state index is 13.3. The molecule has 0 unspecified atom stereocenters. The Labute approximate surface area is 219 Å². The minimum Gasteiger partial charge on any atom is -0.488 e. The van der Waals surface area contributed by atoms with Crippen LogP contribution >= 0.6 is 31.9 Å². The molecule has 7 heteroatoms. The highest BCUT2D eigenvalue weighted by Gasteiger charge is 2.12. The molecular formula is C28H19Br2N3O2. The predicted octanol–water partition coefficient (Wildman–Crippen LogP) is 7.05. The summed E-state index contributed by atoms with van der Waals surface area (Å²) in [5, 5.41) is 5.04. The highest BCUT2D eigenvalue weighted by atomic mass is 79.9. The van der Waals surface area contributed by atoms with Gasteiger partial charge in [0, 0.05) is 10.0 Å². The summed E-state index contributed by atoms with van der Waals surface area (Å²) >= 11 is 7.02. The third-order valence-corrected chi connectivity index (χ3v) is 6.52. The molecule has 5 nitrogen and oxygen atoms in total. The van der Waals surface area contributed by atoms with E-state index in [1.165, 1.54) is 4.68 Å². The van der Waals surface area contributed by atoms with Crippen molar-refractivity contribution >= 4 is 49.0 Å². The fourth-order valence-corrected chi connectivity index (χ4v) is 4.36. The lowest BCUT2D eigenvalue weighted by Gasteiger charge is -2.10. The molecule has 0 amide bonds. The van der Waals surface area contributed by atoms with Crippen molar-refractivity contribution in [1.29, 1.82) is 0 Å². The van der Waals surface area contributed by atoms with E-state index in [-0.39, 0.29) is 5.56 Å². The molecule has 0 saturated heterocycles. The lowest BCUT2D eigenvalue weighted by molar-refractivity contribution is 0.304. The third kappa shape index (κ3) is 5.26. The number of rotatable bonds is 6. The van der Waals surface area contributed by atoms with Crippen molar-refractivity contribution in [2.24, 2.45) is 5.10 Å². The van der Waals surface area contributed by atoms with Gasteiger partial charge in [-0.1, -0.05) is 70.5 Å². The average molecular weight is 589 g/mol. The quantitative estimate of drug-likeness (QED) is 0.200. The van der Waals surface area contributed by atoms with Gasteiger partial charge < -0.3 is 4.74 Å². The monoisotopic (exact) mass is 587 g/mol. The van der Waals surface area contributed by atoms with Crippen LogP contribution in [0, 0.1) is 0 Å². The number of aromatic nitrogens is 2. The van der Waals surface area contributed by atoms with Crippen LogP contribution in [0.15, 0.2) is 116 Å². The molecule has 0 saturated carbocycles. The number of para-hydroxylation sites is 1. The van der Waals surface area contributed by atoms with Crippen LogP contribution in [0.3, 0.4) is 0 Å². The molecule has 0 aliphatic rings. The standard InChI is InChI=1S/C28H19Br2N3O2/c29-22-13-10-19(11-14-22)18-35-26-15-12-20(16-24(26)30)17-31-33-27(21-6-2-1-3-7-21)32-25-9-5-4-8-23(25)28(33)34/h1-17H,18H2. The maximum Gasteiger partial charge on any atom is 0.282 e. The highest BCUT2D eigenvalue weighted by molar-refractivity contribution is 9.10. The van der Waals surface area contributed by atoms with Gasteiger partial charge in [-0.25, -0.2) is 4.98 Å². The van der Waals surface area contributed by atoms with E-state index in [0.29, 0.717) is 23.3 Å². The molecule has 0 N–H and O–H groups in total. The van der Waals surface area contributed by atoms with E-state index in [0.717, 1.165) is 31.4 Å². The van der Waals surface area contributed by atoms with Gasteiger partial charge in [-0.3, -0.25) is 4.79 Å². The van der Waals surface area contributed by atoms with Crippen molar-refractivity contribution in [2.45, 2.75) is 6.61 Å². The Morgan fingerprint density at radius 1 is 0.886 bits per heavy atom. The molecule has 35 heavy (non-hydrogen) atoms. The first kappa shape index (κ1) is 23.2. The van der Waals surface area contributed by atoms with E-state index in [9.17, 15) is 4.79 Å². The lowest BCUT2D eigenvalue weighted by Crippen LogP contribution is -2.20. The van der Waals surface area contributed by atoms with Crippen LogP contribution in [0.2, 0.25) is 0 Å². The smallest absolute Gasteiger partial charge is 0.282 e. The Hall–Kier alpha value is -3.55. The number of halogens is 2. The van der Waals surface area contributed by atoms with Crippen molar-refractivity contribution in [2.75, 3.05) is 0 Å². The molecule has 0 fully saturated rings. The summed E-state index contributed by atoms with van der Waals surface area (Å²) < 4.78 is 9.13. The van der Waals surface area contributed by atoms with E-state index in [1.54, 1.807) is 12.3 Å². The molecule has 5 rings (SSSR count). The van der Waals surface area contributed by atoms with Crippen molar-refractivity contribution in [3.05, 3.63) is 127 Å². The number of fused-ring (bicyclic) bond motifs is 1. The molecule has 172 valence electrons. The number of nitrogens with zero attached hydrogens (tertiary/aromatic N) is 3. The van der Waals surface area contributed by atoms with E-state index < -0.39 is 0 Å². The minimum atomic E-state index is -0.223. The molecule has 0 aliphatic heterocycles. The second-order valence-electron chi connectivity index (χ2n) is 7.79. The third-order valence-electron chi connectivity index (χ3n) is 5.37. The van der Waals surface area contributed by atoms with Gasteiger partial charge in [-0.05, 0) is 69.5 Å². The maximum absolute atomic E-state index is 13.3. The Kier molecular flexibility index (Phi) is 6.88. The van der Waals surface area contributed by atoms with Crippen LogP contribution in [-0.4, -0.2) is 15.9 Å². The Balaban J connectivity index is 1.45. The van der Waals surface area contributed by atoms with Crippen molar-refractivity contribution < 1.29 is 4.74 Å². The molecular weight excluding hydrogens is 570 g/mol. The predicted molar refractivity (Wildman–Crippen MR) is 147 cm³/mol. The summed E-state index contributed by atoms with van der Waals surface area (Å²) in [5.41, 5.74) is 3.11. The first-order valence-electron chi connectivity index (χ1n) is 10.9. The lowest BCUT2D eigenvalue weighted by atomic mass is 10.2. The minimum absolute atomic E-state index is 0.223. The van der Waals surface area contributed by atoms with Crippen molar-refractivity contribution in [3.63, 3.8) is 0 Å². The number of hydrogen-bond donors (Lipinski definition) is 0. The Bertz CT molecular complexity index is 1580. The molecule has 0 bridgehead atoms. The largest absolute Gasteiger partial charge is 0.488 e. The molecule has 1 aromatic heterocycles. The van der Waals surface area contributed by atoms with Gasteiger partial charge in [0.2, 0.25) is 0 Å². The molecule has 0 aliphatic carbocycles. The van der Waals surface area contributed by atoms with Gasteiger partial charge in [0.25, 0.3) is 5.56 Å². The summed E-state index contributed by atoms with van der Waals surface area (Å²) in [5.74, 6) is 1.21. The van der Waals surface area contributed by atoms with E-state index >= 15 is 0 Å². The fraction of sp³-hybridized carbons (Fsp3) is 0.0357. The summed E-state index contributed by atoms with van der Waals surface area (Å²) in [6.07, 6.45) is 1.65. The molecule has 0 radical (unpaired) electrons. The summed E-state index contributed by atoms with van der Waals surface area (Å²) in [4.78, 5) is 18.0. The van der Waals surface area contributed by atoms with Gasteiger partial charge in [0.1, 0.15) is 12.4 Å². The van der Waals surface area contributed by atoms with Crippen LogP contribution < -0.4 is 10.3 Å². The van der Waals surface area contributed by atoms with Gasteiger partial charge in [-0.15, -0.1) is 0 Å². The van der Waals surface area contributed by atoms with Crippen molar-refractivity contribution in [1.82, 2.24) is 9.66 Å². The van der Waals surface area contributed by atoms with Crippen molar-refractivity contribution in [3.8, 4) is 17.1 Å². The van der Waals surface area contributed by atoms with Crippen LogP contribution in [0.5, 0.6) is 5.75 Å². The van der Waals surface area contributed by atoms with E-state index in [1.807, 2.05) is 91.0 Å². The van der Waals surface area contributed by atoms with Gasteiger partial charge >= 0.3 is 0 Å². The van der Waals surface area contributed by atoms with Crippen LogP contribution in [0.25, 0.3) is 22.3 Å². The topological polar surface area (TPSA) is 56.5 Å². The summed E-state index contributed by atoms with van der Waals surface area (Å²) in [7, 11) is 0. The van der Waals surface area contributed by atoms with Gasteiger partial charge in [0.05, 0.1) is 21.6 Å². The Morgan fingerprint density at radius 3 is 2.40 bits per heavy atom.